The van der Waals surface area contributed by atoms with Crippen molar-refractivity contribution in [1.82, 2.24) is 4.90 Å². The van der Waals surface area contributed by atoms with Crippen molar-refractivity contribution < 1.29 is 22.8 Å². The Hall–Kier alpha value is -1.37. The van der Waals surface area contributed by atoms with Crippen LogP contribution in [-0.4, -0.2) is 34.9 Å². The van der Waals surface area contributed by atoms with Gasteiger partial charge in [-0.1, -0.05) is 22.0 Å². The van der Waals surface area contributed by atoms with Crippen LogP contribution in [0.2, 0.25) is 0 Å². The van der Waals surface area contributed by atoms with E-state index in [2.05, 4.69) is 15.9 Å². The molecule has 124 valence electrons. The van der Waals surface area contributed by atoms with Gasteiger partial charge in [0.05, 0.1) is 0 Å². The first kappa shape index (κ1) is 16.5. The maximum Gasteiger partial charge on any atom is 0.471 e. The molecule has 23 heavy (non-hydrogen) atoms. The first-order valence-electron chi connectivity index (χ1n) is 7.48. The van der Waals surface area contributed by atoms with Crippen molar-refractivity contribution in [2.24, 2.45) is 0 Å². The normalized spacial score (nSPS) is 24.7. The maximum absolute atomic E-state index is 13.0. The third-order valence-corrected chi connectivity index (χ3v) is 5.27. The third kappa shape index (κ3) is 2.69. The molecule has 1 fully saturated rings. The van der Waals surface area contributed by atoms with Crippen molar-refractivity contribution in [3.8, 4) is 0 Å². The third-order valence-electron chi connectivity index (χ3n) is 4.77. The fourth-order valence-corrected chi connectivity index (χ4v) is 4.03. The molecule has 1 saturated heterocycles. The van der Waals surface area contributed by atoms with E-state index in [1.807, 2.05) is 12.1 Å². The van der Waals surface area contributed by atoms with Crippen molar-refractivity contribution >= 4 is 27.6 Å². The number of amides is 1. The number of benzene rings is 1. The average molecular weight is 390 g/mol. The molecule has 1 atom stereocenters. The maximum atomic E-state index is 13.0. The van der Waals surface area contributed by atoms with Crippen molar-refractivity contribution in [3.05, 3.63) is 33.8 Å². The second kappa shape index (κ2) is 5.61. The van der Waals surface area contributed by atoms with Gasteiger partial charge in [0.15, 0.2) is 5.78 Å². The molecule has 1 heterocycles. The molecule has 1 aromatic carbocycles. The van der Waals surface area contributed by atoms with E-state index in [0.717, 1.165) is 10.5 Å². The highest BCUT2D eigenvalue weighted by Gasteiger charge is 2.55. The zero-order valence-electron chi connectivity index (χ0n) is 12.3. The van der Waals surface area contributed by atoms with Gasteiger partial charge in [0, 0.05) is 16.6 Å². The zero-order chi connectivity index (χ0) is 16.8. The van der Waals surface area contributed by atoms with Gasteiger partial charge in [0.1, 0.15) is 5.54 Å². The molecule has 0 bridgehead atoms. The summed E-state index contributed by atoms with van der Waals surface area (Å²) in [6.07, 6.45) is -2.78. The largest absolute Gasteiger partial charge is 0.471 e. The Labute approximate surface area is 140 Å². The summed E-state index contributed by atoms with van der Waals surface area (Å²) >= 11 is 3.29. The molecular weight excluding hydrogens is 375 g/mol. The van der Waals surface area contributed by atoms with Crippen molar-refractivity contribution in [2.45, 2.75) is 43.8 Å². The van der Waals surface area contributed by atoms with Gasteiger partial charge in [-0.3, -0.25) is 9.59 Å². The molecule has 1 spiro atoms. The topological polar surface area (TPSA) is 37.4 Å². The number of nitrogens with zero attached hydrogens (tertiary/aromatic N) is 1. The molecule has 1 aromatic rings. The van der Waals surface area contributed by atoms with Gasteiger partial charge >= 0.3 is 12.1 Å². The van der Waals surface area contributed by atoms with E-state index in [1.54, 1.807) is 6.07 Å². The average Bonchev–Trinajstić information content (AvgIpc) is 2.50. The smallest absolute Gasteiger partial charge is 0.322 e. The highest BCUT2D eigenvalue weighted by Crippen LogP contribution is 2.42. The quantitative estimate of drug-likeness (QED) is 0.674. The molecule has 1 aliphatic heterocycles. The van der Waals surface area contributed by atoms with Crippen LogP contribution in [0, 0.1) is 0 Å². The summed E-state index contributed by atoms with van der Waals surface area (Å²) in [5.74, 6) is -2.26. The summed E-state index contributed by atoms with van der Waals surface area (Å²) in [7, 11) is 0. The molecule has 7 heteroatoms. The first-order valence-corrected chi connectivity index (χ1v) is 8.27. The van der Waals surface area contributed by atoms with Crippen LogP contribution in [-0.2, 0) is 11.2 Å². The van der Waals surface area contributed by atoms with Gasteiger partial charge in [-0.15, -0.1) is 0 Å². The molecule has 0 saturated carbocycles. The predicted molar refractivity (Wildman–Crippen MR) is 81.1 cm³/mol. The summed E-state index contributed by atoms with van der Waals surface area (Å²) in [4.78, 5) is 25.6. The minimum Gasteiger partial charge on any atom is -0.322 e. The van der Waals surface area contributed by atoms with Crippen LogP contribution in [0.5, 0.6) is 0 Å². The van der Waals surface area contributed by atoms with Gasteiger partial charge < -0.3 is 4.90 Å². The van der Waals surface area contributed by atoms with E-state index in [-0.39, 0.29) is 18.7 Å². The second-order valence-corrected chi connectivity index (χ2v) is 6.99. The number of alkyl halides is 3. The van der Waals surface area contributed by atoms with Gasteiger partial charge in [-0.05, 0) is 49.8 Å². The van der Waals surface area contributed by atoms with Gasteiger partial charge in [0.25, 0.3) is 0 Å². The van der Waals surface area contributed by atoms with Crippen LogP contribution < -0.4 is 0 Å². The molecule has 0 radical (unpaired) electrons. The number of piperidine rings is 1. The molecule has 0 aromatic heterocycles. The fourth-order valence-electron chi connectivity index (χ4n) is 3.67. The summed E-state index contributed by atoms with van der Waals surface area (Å²) < 4.78 is 39.5. The molecular formula is C16H15BrF3NO2. The van der Waals surface area contributed by atoms with E-state index in [9.17, 15) is 22.8 Å². The van der Waals surface area contributed by atoms with Crippen LogP contribution in [0.3, 0.4) is 0 Å². The Bertz CT molecular complexity index is 674. The number of carbonyl (C=O) groups is 2. The summed E-state index contributed by atoms with van der Waals surface area (Å²) in [5.41, 5.74) is -0.0974. The SMILES string of the molecule is O=C(N1CCCCC12CCc1ccc(Br)cc1C2=O)C(F)(F)F. The number of hydrogen-bond acceptors (Lipinski definition) is 2. The Morgan fingerprint density at radius 2 is 1.96 bits per heavy atom. The van der Waals surface area contributed by atoms with Crippen LogP contribution in [0.1, 0.15) is 41.6 Å². The standard InChI is InChI=1S/C16H15BrF3NO2/c17-11-4-3-10-5-7-15(13(22)12(10)9-11)6-1-2-8-21(15)14(23)16(18,19)20/h3-4,9H,1-2,5-8H2. The lowest BCUT2D eigenvalue weighted by molar-refractivity contribution is -0.192. The number of aryl methyl sites for hydroxylation is 1. The molecule has 3 rings (SSSR count). The van der Waals surface area contributed by atoms with Crippen molar-refractivity contribution in [1.29, 1.82) is 0 Å². The lowest BCUT2D eigenvalue weighted by atomic mass is 9.71. The van der Waals surface area contributed by atoms with Crippen molar-refractivity contribution in [2.75, 3.05) is 6.54 Å². The number of halogens is 4. The molecule has 1 unspecified atom stereocenters. The van der Waals surface area contributed by atoms with Crippen LogP contribution >= 0.6 is 15.9 Å². The summed E-state index contributed by atoms with van der Waals surface area (Å²) in [5, 5.41) is 0. The highest BCUT2D eigenvalue weighted by atomic mass is 79.9. The van der Waals surface area contributed by atoms with Crippen molar-refractivity contribution in [3.63, 3.8) is 0 Å². The summed E-state index contributed by atoms with van der Waals surface area (Å²) in [6.45, 7) is -0.0204. The van der Waals surface area contributed by atoms with Gasteiger partial charge in [-0.25, -0.2) is 0 Å². The number of fused-ring (bicyclic) bond motifs is 1. The lowest BCUT2D eigenvalue weighted by Gasteiger charge is -2.48. The lowest BCUT2D eigenvalue weighted by Crippen LogP contribution is -2.63. The molecule has 2 aliphatic rings. The molecule has 0 N–H and O–H groups in total. The van der Waals surface area contributed by atoms with E-state index in [1.165, 1.54) is 0 Å². The number of rotatable bonds is 0. The predicted octanol–water partition coefficient (Wildman–Crippen LogP) is 3.89. The Morgan fingerprint density at radius 1 is 1.22 bits per heavy atom. The Kier molecular flexibility index (Phi) is 4.02. The molecule has 1 amide bonds. The van der Waals surface area contributed by atoms with Crippen LogP contribution in [0.25, 0.3) is 0 Å². The van der Waals surface area contributed by atoms with Crippen LogP contribution in [0.4, 0.5) is 13.2 Å². The number of carbonyl (C=O) groups excluding carboxylic acids is 2. The van der Waals surface area contributed by atoms with Gasteiger partial charge in [-0.2, -0.15) is 13.2 Å². The zero-order valence-corrected chi connectivity index (χ0v) is 13.8. The number of hydrogen-bond donors (Lipinski definition) is 0. The first-order chi connectivity index (χ1) is 10.8. The number of likely N-dealkylation sites (tertiary alicyclic amines) is 1. The van der Waals surface area contributed by atoms with E-state index < -0.39 is 17.6 Å². The highest BCUT2D eigenvalue weighted by molar-refractivity contribution is 9.10. The molecule has 3 nitrogen and oxygen atoms in total. The number of Topliss-reactive ketones (excluding diaryl/α,β-unsaturated/α-hetero) is 1. The van der Waals surface area contributed by atoms with E-state index in [4.69, 9.17) is 0 Å². The summed E-state index contributed by atoms with van der Waals surface area (Å²) in [6, 6.07) is 5.26. The molecule has 1 aliphatic carbocycles. The Morgan fingerprint density at radius 3 is 2.65 bits per heavy atom. The van der Waals surface area contributed by atoms with E-state index in [0.29, 0.717) is 35.7 Å². The Balaban J connectivity index is 2.05. The monoisotopic (exact) mass is 389 g/mol. The second-order valence-electron chi connectivity index (χ2n) is 6.07. The van der Waals surface area contributed by atoms with E-state index >= 15 is 0 Å². The van der Waals surface area contributed by atoms with Gasteiger partial charge in [0.2, 0.25) is 0 Å². The number of ketones is 1. The minimum absolute atomic E-state index is 0.0204. The minimum atomic E-state index is -4.96. The van der Waals surface area contributed by atoms with Crippen LogP contribution in [0.15, 0.2) is 22.7 Å². The fraction of sp³-hybridized carbons (Fsp3) is 0.500.